The average molecular weight is 219 g/mol. The fourth-order valence-electron chi connectivity index (χ4n) is 1.46. The minimum atomic E-state index is -2.99. The largest absolute Gasteiger partial charge is 0.356 e. The minimum absolute atomic E-state index is 0.00366. The van der Waals surface area contributed by atoms with Crippen LogP contribution in [0.2, 0.25) is 0 Å². The first-order chi connectivity index (χ1) is 6.43. The molecule has 1 amide bonds. The first-order valence-corrected chi connectivity index (χ1v) is 6.64. The second-order valence-electron chi connectivity index (χ2n) is 3.98. The molecule has 0 aliphatic carbocycles. The van der Waals surface area contributed by atoms with E-state index in [1.807, 2.05) is 0 Å². The first kappa shape index (κ1) is 11.5. The highest BCUT2D eigenvalue weighted by molar-refractivity contribution is 7.91. The number of carbonyl (C=O) groups is 1. The van der Waals surface area contributed by atoms with E-state index in [0.717, 1.165) is 6.42 Å². The Balaban J connectivity index is 2.44. The maximum atomic E-state index is 11.5. The van der Waals surface area contributed by atoms with E-state index in [2.05, 4.69) is 5.32 Å². The van der Waals surface area contributed by atoms with Gasteiger partial charge >= 0.3 is 0 Å². The van der Waals surface area contributed by atoms with E-state index in [1.165, 1.54) is 0 Å². The SMILES string of the molecule is CC(C)S(=O)(=O)CCC1CCNC1=O. The number of amides is 1. The third-order valence-electron chi connectivity index (χ3n) is 2.63. The first-order valence-electron chi connectivity index (χ1n) is 4.93. The Morgan fingerprint density at radius 1 is 1.50 bits per heavy atom. The standard InChI is InChI=1S/C9H17NO3S/c1-7(2)14(12,13)6-4-8-3-5-10-9(8)11/h7-8H,3-6H2,1-2H3,(H,10,11). The lowest BCUT2D eigenvalue weighted by atomic mass is 10.1. The third kappa shape index (κ3) is 2.70. The second kappa shape index (κ2) is 4.29. The number of nitrogens with one attached hydrogen (secondary N) is 1. The molecule has 0 radical (unpaired) electrons. The summed E-state index contributed by atoms with van der Waals surface area (Å²) in [4.78, 5) is 11.2. The van der Waals surface area contributed by atoms with Gasteiger partial charge in [0.15, 0.2) is 9.84 Å². The minimum Gasteiger partial charge on any atom is -0.356 e. The summed E-state index contributed by atoms with van der Waals surface area (Å²) >= 11 is 0. The zero-order valence-electron chi connectivity index (χ0n) is 8.62. The molecule has 14 heavy (non-hydrogen) atoms. The topological polar surface area (TPSA) is 63.2 Å². The van der Waals surface area contributed by atoms with Crippen LogP contribution in [0, 0.1) is 5.92 Å². The van der Waals surface area contributed by atoms with Crippen molar-refractivity contribution in [2.75, 3.05) is 12.3 Å². The number of rotatable bonds is 4. The highest BCUT2D eigenvalue weighted by atomic mass is 32.2. The summed E-state index contributed by atoms with van der Waals surface area (Å²) in [6, 6.07) is 0. The van der Waals surface area contributed by atoms with Crippen molar-refractivity contribution in [2.24, 2.45) is 5.92 Å². The average Bonchev–Trinajstić information content (AvgIpc) is 2.47. The summed E-state index contributed by atoms with van der Waals surface area (Å²) < 4.78 is 22.9. The molecule has 5 heteroatoms. The summed E-state index contributed by atoms with van der Waals surface area (Å²) in [5.41, 5.74) is 0. The number of carbonyl (C=O) groups excluding carboxylic acids is 1. The Kier molecular flexibility index (Phi) is 3.53. The molecule has 1 heterocycles. The van der Waals surface area contributed by atoms with E-state index in [4.69, 9.17) is 0 Å². The molecule has 1 fully saturated rings. The molecule has 0 aromatic carbocycles. The molecular weight excluding hydrogens is 202 g/mol. The van der Waals surface area contributed by atoms with Gasteiger partial charge in [0.1, 0.15) is 0 Å². The predicted molar refractivity (Wildman–Crippen MR) is 54.7 cm³/mol. The molecule has 1 N–H and O–H groups in total. The molecule has 0 saturated carbocycles. The van der Waals surface area contributed by atoms with Crippen LogP contribution in [0.4, 0.5) is 0 Å². The van der Waals surface area contributed by atoms with Crippen LogP contribution in [0.5, 0.6) is 0 Å². The van der Waals surface area contributed by atoms with Gasteiger partial charge in [0, 0.05) is 12.5 Å². The summed E-state index contributed by atoms with van der Waals surface area (Å²) in [6.45, 7) is 4.03. The van der Waals surface area contributed by atoms with Crippen molar-refractivity contribution < 1.29 is 13.2 Å². The Morgan fingerprint density at radius 3 is 2.57 bits per heavy atom. The molecule has 0 bridgehead atoms. The lowest BCUT2D eigenvalue weighted by molar-refractivity contribution is -0.122. The zero-order chi connectivity index (χ0) is 10.8. The molecule has 82 valence electrons. The molecule has 1 unspecified atom stereocenters. The number of hydrogen-bond acceptors (Lipinski definition) is 3. The van der Waals surface area contributed by atoms with Crippen molar-refractivity contribution in [3.8, 4) is 0 Å². The van der Waals surface area contributed by atoms with E-state index < -0.39 is 9.84 Å². The smallest absolute Gasteiger partial charge is 0.223 e. The maximum Gasteiger partial charge on any atom is 0.223 e. The van der Waals surface area contributed by atoms with Crippen LogP contribution in [0.25, 0.3) is 0 Å². The van der Waals surface area contributed by atoms with Gasteiger partial charge in [-0.25, -0.2) is 8.42 Å². The Labute approximate surface area is 85.0 Å². The second-order valence-corrected chi connectivity index (χ2v) is 6.66. The normalized spacial score (nSPS) is 22.8. The van der Waals surface area contributed by atoms with Crippen LogP contribution in [0.3, 0.4) is 0 Å². The van der Waals surface area contributed by atoms with Crippen LogP contribution in [0.15, 0.2) is 0 Å². The van der Waals surface area contributed by atoms with Gasteiger partial charge in [0.05, 0.1) is 11.0 Å². The summed E-state index contributed by atoms with van der Waals surface area (Å²) in [5.74, 6) is 0.0374. The molecule has 1 saturated heterocycles. The van der Waals surface area contributed by atoms with Gasteiger partial charge in [-0.2, -0.15) is 0 Å². The molecule has 0 spiro atoms. The third-order valence-corrected chi connectivity index (χ3v) is 4.87. The van der Waals surface area contributed by atoms with Crippen molar-refractivity contribution in [1.29, 1.82) is 0 Å². The zero-order valence-corrected chi connectivity index (χ0v) is 9.43. The van der Waals surface area contributed by atoms with E-state index in [9.17, 15) is 13.2 Å². The van der Waals surface area contributed by atoms with Crippen LogP contribution in [-0.4, -0.2) is 31.9 Å². The molecular formula is C9H17NO3S. The Hall–Kier alpha value is -0.580. The van der Waals surface area contributed by atoms with Gasteiger partial charge in [-0.05, 0) is 26.7 Å². The van der Waals surface area contributed by atoms with Gasteiger partial charge < -0.3 is 5.32 Å². The lowest BCUT2D eigenvalue weighted by Crippen LogP contribution is -2.23. The molecule has 0 aromatic rings. The van der Waals surface area contributed by atoms with Gasteiger partial charge in [-0.1, -0.05) is 0 Å². The van der Waals surface area contributed by atoms with E-state index in [-0.39, 0.29) is 22.8 Å². The monoisotopic (exact) mass is 219 g/mol. The van der Waals surface area contributed by atoms with Crippen molar-refractivity contribution in [1.82, 2.24) is 5.32 Å². The van der Waals surface area contributed by atoms with Crippen LogP contribution < -0.4 is 5.32 Å². The predicted octanol–water partition coefficient (Wildman–Crippen LogP) is 0.336. The fraction of sp³-hybridized carbons (Fsp3) is 0.889. The van der Waals surface area contributed by atoms with Gasteiger partial charge in [-0.15, -0.1) is 0 Å². The van der Waals surface area contributed by atoms with Gasteiger partial charge in [-0.3, -0.25) is 4.79 Å². The Bertz CT molecular complexity index is 308. The van der Waals surface area contributed by atoms with Crippen LogP contribution in [-0.2, 0) is 14.6 Å². The van der Waals surface area contributed by atoms with E-state index in [0.29, 0.717) is 13.0 Å². The van der Waals surface area contributed by atoms with Gasteiger partial charge in [0.25, 0.3) is 0 Å². The highest BCUT2D eigenvalue weighted by Gasteiger charge is 2.26. The highest BCUT2D eigenvalue weighted by Crippen LogP contribution is 2.16. The molecule has 1 aliphatic rings. The molecule has 1 aliphatic heterocycles. The lowest BCUT2D eigenvalue weighted by Gasteiger charge is -2.09. The molecule has 0 aromatic heterocycles. The maximum absolute atomic E-state index is 11.5. The summed E-state index contributed by atoms with van der Waals surface area (Å²) in [5, 5.41) is 2.36. The summed E-state index contributed by atoms with van der Waals surface area (Å²) in [7, 11) is -2.99. The van der Waals surface area contributed by atoms with Crippen LogP contribution >= 0.6 is 0 Å². The van der Waals surface area contributed by atoms with Crippen molar-refractivity contribution in [3.63, 3.8) is 0 Å². The van der Waals surface area contributed by atoms with Crippen molar-refractivity contribution >= 4 is 15.7 Å². The van der Waals surface area contributed by atoms with Crippen LogP contribution in [0.1, 0.15) is 26.7 Å². The van der Waals surface area contributed by atoms with Gasteiger partial charge in [0.2, 0.25) is 5.91 Å². The van der Waals surface area contributed by atoms with Crippen molar-refractivity contribution in [3.05, 3.63) is 0 Å². The molecule has 4 nitrogen and oxygen atoms in total. The molecule has 1 atom stereocenters. The molecule has 1 rings (SSSR count). The van der Waals surface area contributed by atoms with E-state index >= 15 is 0 Å². The summed E-state index contributed by atoms with van der Waals surface area (Å²) in [6.07, 6.45) is 1.23. The number of sulfone groups is 1. The van der Waals surface area contributed by atoms with Crippen molar-refractivity contribution in [2.45, 2.75) is 31.9 Å². The quantitative estimate of drug-likeness (QED) is 0.741. The number of hydrogen-bond donors (Lipinski definition) is 1. The van der Waals surface area contributed by atoms with E-state index in [1.54, 1.807) is 13.8 Å². The fourth-order valence-corrected chi connectivity index (χ4v) is 2.55. The Morgan fingerprint density at radius 2 is 2.14 bits per heavy atom.